The summed E-state index contributed by atoms with van der Waals surface area (Å²) in [5, 5.41) is 13.2. The SMILES string of the molecule is O=C(COc1cccc(N2CCCC2=O)c1)N[C@@H]1CC(Cn2ccnc2)C[C@H]1O. The molecule has 1 aliphatic carbocycles. The number of carbonyl (C=O) groups excluding carboxylic acids is 2. The lowest BCUT2D eigenvalue weighted by atomic mass is 10.1. The molecule has 2 amide bonds. The average Bonchev–Trinajstić information content (AvgIpc) is 3.44. The van der Waals surface area contributed by atoms with Gasteiger partial charge in [-0.1, -0.05) is 6.07 Å². The quantitative estimate of drug-likeness (QED) is 0.734. The number of carbonyl (C=O) groups is 2. The molecule has 154 valence electrons. The number of anilines is 1. The molecule has 29 heavy (non-hydrogen) atoms. The summed E-state index contributed by atoms with van der Waals surface area (Å²) in [6.45, 7) is 1.36. The summed E-state index contributed by atoms with van der Waals surface area (Å²) in [4.78, 5) is 30.0. The van der Waals surface area contributed by atoms with Crippen molar-refractivity contribution in [2.45, 2.75) is 44.4 Å². The molecule has 1 saturated heterocycles. The standard InChI is InChI=1S/C21H26N4O4/c26-19-10-15(12-24-8-6-22-14-24)9-18(19)23-20(27)13-29-17-4-1-3-16(11-17)25-7-2-5-21(25)28/h1,3-4,6,8,11,14-15,18-19,26H,2,5,7,9-10,12-13H2,(H,23,27)/t15?,18-,19-/m1/s1. The number of aromatic nitrogens is 2. The van der Waals surface area contributed by atoms with E-state index in [-0.39, 0.29) is 24.5 Å². The maximum Gasteiger partial charge on any atom is 0.258 e. The topological polar surface area (TPSA) is 96.7 Å². The lowest BCUT2D eigenvalue weighted by Crippen LogP contribution is -2.42. The first kappa shape index (κ1) is 19.4. The number of hydrogen-bond donors (Lipinski definition) is 2. The fourth-order valence-electron chi connectivity index (χ4n) is 4.17. The molecular formula is C21H26N4O4. The molecule has 0 bridgehead atoms. The van der Waals surface area contributed by atoms with Crippen LogP contribution in [0.1, 0.15) is 25.7 Å². The molecule has 1 saturated carbocycles. The zero-order chi connectivity index (χ0) is 20.2. The molecule has 0 radical (unpaired) electrons. The van der Waals surface area contributed by atoms with Crippen molar-refractivity contribution >= 4 is 17.5 Å². The molecule has 2 aliphatic rings. The van der Waals surface area contributed by atoms with Gasteiger partial charge in [-0.15, -0.1) is 0 Å². The predicted octanol–water partition coefficient (Wildman–Crippen LogP) is 1.34. The number of imidazole rings is 1. The minimum atomic E-state index is -0.558. The average molecular weight is 398 g/mol. The van der Waals surface area contributed by atoms with Gasteiger partial charge in [0.05, 0.1) is 18.5 Å². The van der Waals surface area contributed by atoms with Gasteiger partial charge in [0.25, 0.3) is 5.91 Å². The first-order valence-electron chi connectivity index (χ1n) is 10.0. The van der Waals surface area contributed by atoms with Gasteiger partial charge >= 0.3 is 0 Å². The molecule has 2 fully saturated rings. The summed E-state index contributed by atoms with van der Waals surface area (Å²) in [5.74, 6) is 0.683. The second kappa shape index (κ2) is 8.65. The van der Waals surface area contributed by atoms with E-state index in [2.05, 4.69) is 10.3 Å². The van der Waals surface area contributed by atoms with Gasteiger partial charge in [-0.2, -0.15) is 0 Å². The molecule has 8 heteroatoms. The van der Waals surface area contributed by atoms with Crippen LogP contribution in [0.5, 0.6) is 5.75 Å². The van der Waals surface area contributed by atoms with Crippen molar-refractivity contribution in [3.8, 4) is 5.75 Å². The van der Waals surface area contributed by atoms with Gasteiger partial charge < -0.3 is 24.6 Å². The Kier molecular flexibility index (Phi) is 5.80. The van der Waals surface area contributed by atoms with Crippen LogP contribution in [-0.2, 0) is 16.1 Å². The van der Waals surface area contributed by atoms with Crippen LogP contribution < -0.4 is 15.0 Å². The van der Waals surface area contributed by atoms with Crippen LogP contribution in [-0.4, -0.2) is 51.8 Å². The third-order valence-corrected chi connectivity index (χ3v) is 5.57. The summed E-state index contributed by atoms with van der Waals surface area (Å²) in [5.41, 5.74) is 0.791. The Balaban J connectivity index is 1.26. The monoisotopic (exact) mass is 398 g/mol. The Bertz CT molecular complexity index is 854. The molecule has 1 aromatic heterocycles. The zero-order valence-electron chi connectivity index (χ0n) is 16.2. The van der Waals surface area contributed by atoms with E-state index in [9.17, 15) is 14.7 Å². The highest BCUT2D eigenvalue weighted by molar-refractivity contribution is 5.95. The van der Waals surface area contributed by atoms with Gasteiger partial charge in [-0.25, -0.2) is 4.98 Å². The van der Waals surface area contributed by atoms with Gasteiger partial charge in [0.2, 0.25) is 5.91 Å². The summed E-state index contributed by atoms with van der Waals surface area (Å²) >= 11 is 0. The van der Waals surface area contributed by atoms with Gasteiger partial charge in [0.15, 0.2) is 6.61 Å². The van der Waals surface area contributed by atoms with Crippen LogP contribution in [0, 0.1) is 5.92 Å². The Morgan fingerprint density at radius 1 is 1.34 bits per heavy atom. The number of ether oxygens (including phenoxy) is 1. The normalized spacial score (nSPS) is 24.1. The molecule has 2 N–H and O–H groups in total. The van der Waals surface area contributed by atoms with Crippen molar-refractivity contribution < 1.29 is 19.4 Å². The Labute approximate surface area is 169 Å². The van der Waals surface area contributed by atoms with Crippen molar-refractivity contribution in [3.63, 3.8) is 0 Å². The van der Waals surface area contributed by atoms with E-state index in [1.165, 1.54) is 0 Å². The number of nitrogens with one attached hydrogen (secondary N) is 1. The summed E-state index contributed by atoms with van der Waals surface area (Å²) in [6.07, 6.45) is 7.63. The van der Waals surface area contributed by atoms with Gasteiger partial charge in [0, 0.05) is 43.7 Å². The summed E-state index contributed by atoms with van der Waals surface area (Å²) in [7, 11) is 0. The maximum atomic E-state index is 12.3. The first-order chi connectivity index (χ1) is 14.1. The van der Waals surface area contributed by atoms with Crippen molar-refractivity contribution in [3.05, 3.63) is 43.0 Å². The highest BCUT2D eigenvalue weighted by atomic mass is 16.5. The highest BCUT2D eigenvalue weighted by Gasteiger charge is 2.34. The van der Waals surface area contributed by atoms with Gasteiger partial charge in [-0.05, 0) is 37.3 Å². The maximum absolute atomic E-state index is 12.3. The number of nitrogens with zero attached hydrogens (tertiary/aromatic N) is 3. The van der Waals surface area contributed by atoms with Crippen molar-refractivity contribution in [2.75, 3.05) is 18.1 Å². The number of aliphatic hydroxyl groups is 1. The number of amides is 2. The van der Waals surface area contributed by atoms with E-state index in [0.29, 0.717) is 31.1 Å². The second-order valence-corrected chi connectivity index (χ2v) is 7.77. The first-order valence-corrected chi connectivity index (χ1v) is 10.0. The Hall–Kier alpha value is -2.87. The van der Waals surface area contributed by atoms with Gasteiger partial charge in [0.1, 0.15) is 5.75 Å². The third kappa shape index (κ3) is 4.76. The van der Waals surface area contributed by atoms with Crippen LogP contribution in [0.25, 0.3) is 0 Å². The molecule has 0 spiro atoms. The van der Waals surface area contributed by atoms with E-state index in [1.807, 2.05) is 22.9 Å². The molecule has 1 unspecified atom stereocenters. The minimum Gasteiger partial charge on any atom is -0.484 e. The van der Waals surface area contributed by atoms with Crippen molar-refractivity contribution in [2.24, 2.45) is 5.92 Å². The van der Waals surface area contributed by atoms with E-state index in [0.717, 1.165) is 25.1 Å². The Morgan fingerprint density at radius 2 is 2.24 bits per heavy atom. The fourth-order valence-corrected chi connectivity index (χ4v) is 4.17. The van der Waals surface area contributed by atoms with Crippen molar-refractivity contribution in [1.29, 1.82) is 0 Å². The predicted molar refractivity (Wildman–Crippen MR) is 106 cm³/mol. The molecule has 3 atom stereocenters. The largest absolute Gasteiger partial charge is 0.484 e. The van der Waals surface area contributed by atoms with Crippen LogP contribution in [0.2, 0.25) is 0 Å². The van der Waals surface area contributed by atoms with Crippen LogP contribution in [0.4, 0.5) is 5.69 Å². The molecule has 1 aliphatic heterocycles. The number of aliphatic hydroxyl groups excluding tert-OH is 1. The van der Waals surface area contributed by atoms with Crippen LogP contribution >= 0.6 is 0 Å². The lowest BCUT2D eigenvalue weighted by molar-refractivity contribution is -0.124. The fraction of sp³-hybridized carbons (Fsp3) is 0.476. The molecule has 2 heterocycles. The molecule has 4 rings (SSSR count). The van der Waals surface area contributed by atoms with Crippen LogP contribution in [0.3, 0.4) is 0 Å². The summed E-state index contributed by atoms with van der Waals surface area (Å²) in [6, 6.07) is 6.96. The lowest BCUT2D eigenvalue weighted by Gasteiger charge is -2.18. The number of hydrogen-bond acceptors (Lipinski definition) is 5. The molecule has 2 aromatic rings. The zero-order valence-corrected chi connectivity index (χ0v) is 16.2. The molecular weight excluding hydrogens is 372 g/mol. The van der Waals surface area contributed by atoms with E-state index < -0.39 is 6.10 Å². The van der Waals surface area contributed by atoms with Crippen molar-refractivity contribution in [1.82, 2.24) is 14.9 Å². The minimum absolute atomic E-state index is 0.111. The van der Waals surface area contributed by atoms with E-state index in [4.69, 9.17) is 4.74 Å². The smallest absolute Gasteiger partial charge is 0.258 e. The molecule has 1 aromatic carbocycles. The van der Waals surface area contributed by atoms with Crippen LogP contribution in [0.15, 0.2) is 43.0 Å². The third-order valence-electron chi connectivity index (χ3n) is 5.57. The van der Waals surface area contributed by atoms with Gasteiger partial charge in [-0.3, -0.25) is 9.59 Å². The highest BCUT2D eigenvalue weighted by Crippen LogP contribution is 2.28. The molecule has 8 nitrogen and oxygen atoms in total. The number of rotatable bonds is 7. The number of benzene rings is 1. The van der Waals surface area contributed by atoms with E-state index >= 15 is 0 Å². The van der Waals surface area contributed by atoms with E-state index in [1.54, 1.807) is 29.6 Å². The Morgan fingerprint density at radius 3 is 3.00 bits per heavy atom. The second-order valence-electron chi connectivity index (χ2n) is 7.77. The summed E-state index contributed by atoms with van der Waals surface area (Å²) < 4.78 is 7.61.